The third-order valence-electron chi connectivity index (χ3n) is 4.20. The van der Waals surface area contributed by atoms with E-state index in [4.69, 9.17) is 10.5 Å². The van der Waals surface area contributed by atoms with Crippen LogP contribution in [0.2, 0.25) is 0 Å². The summed E-state index contributed by atoms with van der Waals surface area (Å²) in [7, 11) is 1.38. The molecule has 0 aromatic heterocycles. The standard InChI is InChI=1S/C16H23FN2O2.ClH/c1-21-15-9-12(7-8-13(15)17)16(20)19-14(10-18)11-5-3-2-4-6-11;/h7-9,11,14H,2-6,10,18H2,1H3,(H,19,20);1H. The van der Waals surface area contributed by atoms with Crippen LogP contribution in [0, 0.1) is 11.7 Å². The van der Waals surface area contributed by atoms with Crippen LogP contribution in [0.3, 0.4) is 0 Å². The third kappa shape index (κ3) is 4.58. The average molecular weight is 331 g/mol. The van der Waals surface area contributed by atoms with Gasteiger partial charge < -0.3 is 15.8 Å². The van der Waals surface area contributed by atoms with Gasteiger partial charge in [-0.1, -0.05) is 19.3 Å². The van der Waals surface area contributed by atoms with Gasteiger partial charge in [-0.25, -0.2) is 4.39 Å². The predicted octanol–water partition coefficient (Wildman–Crippen LogP) is 2.89. The van der Waals surface area contributed by atoms with Crippen molar-refractivity contribution in [2.24, 2.45) is 11.7 Å². The maximum absolute atomic E-state index is 13.4. The molecule has 2 rings (SSSR count). The van der Waals surface area contributed by atoms with Crippen LogP contribution in [0.25, 0.3) is 0 Å². The Hall–Kier alpha value is -1.33. The van der Waals surface area contributed by atoms with Gasteiger partial charge in [-0.3, -0.25) is 4.79 Å². The zero-order valence-corrected chi connectivity index (χ0v) is 13.6. The fourth-order valence-corrected chi connectivity index (χ4v) is 2.96. The van der Waals surface area contributed by atoms with Crippen LogP contribution < -0.4 is 15.8 Å². The van der Waals surface area contributed by atoms with Crippen molar-refractivity contribution in [3.05, 3.63) is 29.6 Å². The zero-order valence-electron chi connectivity index (χ0n) is 12.8. The number of nitrogens with two attached hydrogens (primary N) is 1. The van der Waals surface area contributed by atoms with Crippen LogP contribution >= 0.6 is 12.4 Å². The van der Waals surface area contributed by atoms with Crippen molar-refractivity contribution in [2.45, 2.75) is 38.1 Å². The van der Waals surface area contributed by atoms with Crippen molar-refractivity contribution in [1.82, 2.24) is 5.32 Å². The van der Waals surface area contributed by atoms with Gasteiger partial charge in [0.05, 0.1) is 7.11 Å². The Labute approximate surface area is 137 Å². The van der Waals surface area contributed by atoms with Gasteiger partial charge in [-0.05, 0) is 37.0 Å². The van der Waals surface area contributed by atoms with Crippen LogP contribution in [0.1, 0.15) is 42.5 Å². The molecule has 1 fully saturated rings. The second-order valence-electron chi connectivity index (χ2n) is 5.56. The Bertz CT molecular complexity index is 493. The molecule has 0 heterocycles. The number of halogens is 2. The normalized spacial score (nSPS) is 16.5. The quantitative estimate of drug-likeness (QED) is 0.872. The molecule has 0 radical (unpaired) electrons. The summed E-state index contributed by atoms with van der Waals surface area (Å²) in [6.07, 6.45) is 5.86. The number of nitrogens with one attached hydrogen (secondary N) is 1. The highest BCUT2D eigenvalue weighted by molar-refractivity contribution is 5.94. The summed E-state index contributed by atoms with van der Waals surface area (Å²) >= 11 is 0. The van der Waals surface area contributed by atoms with E-state index in [1.54, 1.807) is 0 Å². The van der Waals surface area contributed by atoms with Crippen LogP contribution in [-0.2, 0) is 0 Å². The third-order valence-corrected chi connectivity index (χ3v) is 4.20. The number of methoxy groups -OCH3 is 1. The zero-order chi connectivity index (χ0) is 15.2. The van der Waals surface area contributed by atoms with Crippen molar-refractivity contribution in [1.29, 1.82) is 0 Å². The summed E-state index contributed by atoms with van der Waals surface area (Å²) in [5.41, 5.74) is 6.20. The van der Waals surface area contributed by atoms with Gasteiger partial charge in [0, 0.05) is 18.2 Å². The van der Waals surface area contributed by atoms with Gasteiger partial charge in [-0.2, -0.15) is 0 Å². The van der Waals surface area contributed by atoms with Crippen molar-refractivity contribution in [3.63, 3.8) is 0 Å². The molecule has 1 amide bonds. The Morgan fingerprint density at radius 1 is 1.41 bits per heavy atom. The van der Waals surface area contributed by atoms with E-state index >= 15 is 0 Å². The highest BCUT2D eigenvalue weighted by atomic mass is 35.5. The highest BCUT2D eigenvalue weighted by Gasteiger charge is 2.24. The second kappa shape index (κ2) is 8.96. The smallest absolute Gasteiger partial charge is 0.251 e. The second-order valence-corrected chi connectivity index (χ2v) is 5.56. The summed E-state index contributed by atoms with van der Waals surface area (Å²) in [4.78, 5) is 12.3. The summed E-state index contributed by atoms with van der Waals surface area (Å²) in [5, 5.41) is 2.98. The monoisotopic (exact) mass is 330 g/mol. The molecule has 0 aliphatic heterocycles. The minimum absolute atomic E-state index is 0. The molecule has 6 heteroatoms. The fourth-order valence-electron chi connectivity index (χ4n) is 2.96. The first-order valence-corrected chi connectivity index (χ1v) is 7.50. The van der Waals surface area contributed by atoms with Crippen molar-refractivity contribution >= 4 is 18.3 Å². The molecule has 124 valence electrons. The number of rotatable bonds is 5. The van der Waals surface area contributed by atoms with Gasteiger partial charge in [0.2, 0.25) is 0 Å². The Balaban J connectivity index is 0.00000242. The van der Waals surface area contributed by atoms with E-state index in [1.165, 1.54) is 44.6 Å². The molecule has 0 spiro atoms. The Morgan fingerprint density at radius 3 is 2.68 bits per heavy atom. The maximum Gasteiger partial charge on any atom is 0.251 e. The molecule has 1 saturated carbocycles. The molecule has 1 aliphatic carbocycles. The van der Waals surface area contributed by atoms with E-state index in [0.717, 1.165) is 12.8 Å². The van der Waals surface area contributed by atoms with Gasteiger partial charge >= 0.3 is 0 Å². The largest absolute Gasteiger partial charge is 0.494 e. The lowest BCUT2D eigenvalue weighted by molar-refractivity contribution is 0.0915. The minimum Gasteiger partial charge on any atom is -0.494 e. The Morgan fingerprint density at radius 2 is 2.09 bits per heavy atom. The SMILES string of the molecule is COc1cc(C(=O)NC(CN)C2CCCCC2)ccc1F.Cl. The van der Waals surface area contributed by atoms with Crippen molar-refractivity contribution < 1.29 is 13.9 Å². The minimum atomic E-state index is -0.475. The molecule has 1 aromatic rings. The summed E-state index contributed by atoms with van der Waals surface area (Å²) in [6, 6.07) is 4.10. The van der Waals surface area contributed by atoms with Crippen molar-refractivity contribution in [2.75, 3.05) is 13.7 Å². The Kier molecular flexibility index (Phi) is 7.62. The van der Waals surface area contributed by atoms with E-state index in [9.17, 15) is 9.18 Å². The molecule has 1 unspecified atom stereocenters. The molecule has 3 N–H and O–H groups in total. The molecule has 1 aliphatic rings. The number of carbonyl (C=O) groups excluding carboxylic acids is 1. The number of carbonyl (C=O) groups is 1. The van der Waals surface area contributed by atoms with E-state index in [2.05, 4.69) is 5.32 Å². The lowest BCUT2D eigenvalue weighted by Gasteiger charge is -2.30. The van der Waals surface area contributed by atoms with Gasteiger partial charge in [0.15, 0.2) is 11.6 Å². The van der Waals surface area contributed by atoms with Gasteiger partial charge in [0.1, 0.15) is 0 Å². The molecule has 0 bridgehead atoms. The molecule has 1 aromatic carbocycles. The predicted molar refractivity (Wildman–Crippen MR) is 87.1 cm³/mol. The maximum atomic E-state index is 13.4. The lowest BCUT2D eigenvalue weighted by Crippen LogP contribution is -2.45. The van der Waals surface area contributed by atoms with E-state index < -0.39 is 5.82 Å². The van der Waals surface area contributed by atoms with Crippen LogP contribution in [0.5, 0.6) is 5.75 Å². The van der Waals surface area contributed by atoms with Crippen LogP contribution in [-0.4, -0.2) is 25.6 Å². The topological polar surface area (TPSA) is 64.3 Å². The van der Waals surface area contributed by atoms with Crippen LogP contribution in [0.15, 0.2) is 18.2 Å². The summed E-state index contributed by atoms with van der Waals surface area (Å²) in [6.45, 7) is 0.425. The van der Waals surface area contributed by atoms with E-state index in [1.807, 2.05) is 0 Å². The molecular formula is C16H24ClFN2O2. The lowest BCUT2D eigenvalue weighted by atomic mass is 9.84. The summed E-state index contributed by atoms with van der Waals surface area (Å²) in [5.74, 6) is -0.189. The number of amides is 1. The van der Waals surface area contributed by atoms with Crippen LogP contribution in [0.4, 0.5) is 4.39 Å². The first-order chi connectivity index (χ1) is 10.2. The molecular weight excluding hydrogens is 307 g/mol. The molecule has 1 atom stereocenters. The van der Waals surface area contributed by atoms with E-state index in [-0.39, 0.29) is 30.1 Å². The van der Waals surface area contributed by atoms with Gasteiger partial charge in [-0.15, -0.1) is 12.4 Å². The number of hydrogen-bond donors (Lipinski definition) is 2. The highest BCUT2D eigenvalue weighted by Crippen LogP contribution is 2.26. The fraction of sp³-hybridized carbons (Fsp3) is 0.562. The molecule has 22 heavy (non-hydrogen) atoms. The molecule has 0 saturated heterocycles. The van der Waals surface area contributed by atoms with Crippen molar-refractivity contribution in [3.8, 4) is 5.75 Å². The first-order valence-electron chi connectivity index (χ1n) is 7.50. The average Bonchev–Trinajstić information content (AvgIpc) is 2.53. The first kappa shape index (κ1) is 18.7. The number of ether oxygens (including phenoxy) is 1. The summed E-state index contributed by atoms with van der Waals surface area (Å²) < 4.78 is 18.3. The number of hydrogen-bond acceptors (Lipinski definition) is 3. The van der Waals surface area contributed by atoms with Gasteiger partial charge in [0.25, 0.3) is 5.91 Å². The number of benzene rings is 1. The molecule has 4 nitrogen and oxygen atoms in total. The van der Waals surface area contributed by atoms with E-state index in [0.29, 0.717) is 18.0 Å².